The zero-order chi connectivity index (χ0) is 30.1. The Kier molecular flexibility index (Phi) is 11.3. The first-order valence-corrected chi connectivity index (χ1v) is 18.9. The summed E-state index contributed by atoms with van der Waals surface area (Å²) < 4.78 is 85.0. The molecule has 1 fully saturated rings. The summed E-state index contributed by atoms with van der Waals surface area (Å²) in [6.45, 7) is 0.853. The van der Waals surface area contributed by atoms with Gasteiger partial charge >= 0.3 is 0 Å². The van der Waals surface area contributed by atoms with Gasteiger partial charge in [0, 0.05) is 39.3 Å². The van der Waals surface area contributed by atoms with Crippen molar-refractivity contribution in [1.29, 1.82) is 0 Å². The third kappa shape index (κ3) is 9.45. The highest BCUT2D eigenvalue weighted by atomic mass is 32.2. The Labute approximate surface area is 250 Å². The van der Waals surface area contributed by atoms with E-state index in [0.29, 0.717) is 36.0 Å². The highest BCUT2D eigenvalue weighted by molar-refractivity contribution is 7.88. The van der Waals surface area contributed by atoms with E-state index >= 15 is 0 Å². The third-order valence-electron chi connectivity index (χ3n) is 7.20. The average Bonchev–Trinajstić information content (AvgIpc) is 2.94. The summed E-state index contributed by atoms with van der Waals surface area (Å²) in [6, 6.07) is 26.7. The van der Waals surface area contributed by atoms with Gasteiger partial charge in [-0.2, -0.15) is 0 Å². The van der Waals surface area contributed by atoms with Gasteiger partial charge in [0.1, 0.15) is 0 Å². The lowest BCUT2D eigenvalue weighted by molar-refractivity contribution is 0.309. The van der Waals surface area contributed by atoms with Crippen molar-refractivity contribution in [2.75, 3.05) is 39.3 Å². The average molecular weight is 634 g/mol. The molecule has 42 heavy (non-hydrogen) atoms. The molecule has 0 saturated carbocycles. The first kappa shape index (κ1) is 32.3. The van der Waals surface area contributed by atoms with Gasteiger partial charge < -0.3 is 0 Å². The van der Waals surface area contributed by atoms with E-state index in [0.717, 1.165) is 0 Å². The Bertz CT molecular complexity index is 1380. The molecule has 12 heteroatoms. The Balaban J connectivity index is 1.57. The number of benzene rings is 3. The van der Waals surface area contributed by atoms with E-state index in [9.17, 15) is 25.3 Å². The minimum atomic E-state index is -3.73. The summed E-state index contributed by atoms with van der Waals surface area (Å²) in [6.07, 6.45) is 0.994. The highest BCUT2D eigenvalue weighted by Gasteiger charge is 2.29. The zero-order valence-electron chi connectivity index (χ0n) is 23.7. The molecule has 0 radical (unpaired) electrons. The van der Waals surface area contributed by atoms with Gasteiger partial charge in [-0.1, -0.05) is 91.0 Å². The van der Waals surface area contributed by atoms with Crippen LogP contribution in [0.15, 0.2) is 91.0 Å². The maximum atomic E-state index is 13.5. The van der Waals surface area contributed by atoms with Crippen molar-refractivity contribution in [3.05, 3.63) is 108 Å². The van der Waals surface area contributed by atoms with Crippen LogP contribution in [0.3, 0.4) is 0 Å². The topological polar surface area (TPSA) is 112 Å². The largest absolute Gasteiger partial charge is 0.218 e. The van der Waals surface area contributed by atoms with E-state index in [2.05, 4.69) is 0 Å². The number of rotatable bonds is 9. The second-order valence-electron chi connectivity index (χ2n) is 10.5. The quantitative estimate of drug-likeness (QED) is 0.356. The van der Waals surface area contributed by atoms with Crippen LogP contribution in [0.4, 0.5) is 0 Å². The fraction of sp³-hybridized carbons (Fsp3) is 0.400. The Hall–Kier alpha value is -2.61. The molecular weight excluding hydrogens is 595 g/mol. The molecule has 0 aromatic heterocycles. The van der Waals surface area contributed by atoms with Crippen molar-refractivity contribution in [2.24, 2.45) is 0 Å². The minimum Gasteiger partial charge on any atom is -0.212 e. The summed E-state index contributed by atoms with van der Waals surface area (Å²) in [5.41, 5.74) is 1.97. The van der Waals surface area contributed by atoms with Crippen LogP contribution in [0.1, 0.15) is 36.0 Å². The van der Waals surface area contributed by atoms with Gasteiger partial charge in [-0.15, -0.1) is 0 Å². The second kappa shape index (κ2) is 14.7. The van der Waals surface area contributed by atoms with Crippen LogP contribution in [0, 0.1) is 0 Å². The number of hydrogen-bond donors (Lipinski definition) is 0. The van der Waals surface area contributed by atoms with Gasteiger partial charge in [-0.05, 0) is 36.0 Å². The van der Waals surface area contributed by atoms with E-state index in [1.54, 1.807) is 72.8 Å². The summed E-state index contributed by atoms with van der Waals surface area (Å²) in [4.78, 5) is 0. The maximum Gasteiger partial charge on any atom is 0.218 e. The van der Waals surface area contributed by atoms with Crippen molar-refractivity contribution in [2.45, 2.75) is 36.5 Å². The molecule has 228 valence electrons. The van der Waals surface area contributed by atoms with Crippen molar-refractivity contribution < 1.29 is 25.3 Å². The minimum absolute atomic E-state index is 0.142. The Morgan fingerprint density at radius 3 is 0.810 bits per heavy atom. The van der Waals surface area contributed by atoms with E-state index in [-0.39, 0.29) is 56.5 Å². The van der Waals surface area contributed by atoms with Crippen LogP contribution < -0.4 is 0 Å². The zero-order valence-corrected chi connectivity index (χ0v) is 26.1. The molecule has 0 atom stereocenters. The fourth-order valence-electron chi connectivity index (χ4n) is 5.07. The van der Waals surface area contributed by atoms with E-state index in [4.69, 9.17) is 0 Å². The molecule has 0 bridgehead atoms. The summed E-state index contributed by atoms with van der Waals surface area (Å²) in [7, 11) is -11.2. The summed E-state index contributed by atoms with van der Waals surface area (Å²) >= 11 is 0. The second-order valence-corrected chi connectivity index (χ2v) is 16.4. The van der Waals surface area contributed by atoms with Crippen LogP contribution >= 0.6 is 0 Å². The molecule has 1 aliphatic heterocycles. The predicted octanol–water partition coefficient (Wildman–Crippen LogP) is 3.67. The Morgan fingerprint density at radius 1 is 0.381 bits per heavy atom. The fourth-order valence-corrected chi connectivity index (χ4v) is 9.90. The van der Waals surface area contributed by atoms with E-state index < -0.39 is 30.1 Å². The third-order valence-corrected chi connectivity index (χ3v) is 12.8. The molecule has 0 N–H and O–H groups in total. The maximum absolute atomic E-state index is 13.5. The molecular formula is C30H39N3O6S3. The summed E-state index contributed by atoms with van der Waals surface area (Å²) in [5.74, 6) is -0.542. The molecule has 0 unspecified atom stereocenters. The SMILES string of the molecule is O=S(=O)(Cc1ccccc1)N1CCCN(S(=O)(=O)Cc2ccccc2)CCCN(S(=O)(=O)Cc2ccccc2)CCC1. The van der Waals surface area contributed by atoms with Gasteiger partial charge in [0.15, 0.2) is 0 Å². The number of sulfonamides is 3. The normalized spacial score (nSPS) is 17.7. The molecule has 3 aromatic rings. The first-order valence-electron chi connectivity index (χ1n) is 14.1. The standard InChI is InChI=1S/C30H39N3O6S3/c34-40(35,25-28-13-4-1-5-14-28)31-19-10-21-32(41(36,37)26-29-15-6-2-7-16-29)23-12-24-33(22-11-20-31)42(38,39)27-30-17-8-3-9-18-30/h1-9,13-18H,10-12,19-27H2. The molecule has 1 saturated heterocycles. The van der Waals surface area contributed by atoms with Crippen molar-refractivity contribution in [3.8, 4) is 0 Å². The lowest BCUT2D eigenvalue weighted by Crippen LogP contribution is -2.42. The Morgan fingerprint density at radius 2 is 0.595 bits per heavy atom. The molecule has 9 nitrogen and oxygen atoms in total. The molecule has 0 aliphatic carbocycles. The van der Waals surface area contributed by atoms with Gasteiger partial charge in [0.05, 0.1) is 17.3 Å². The molecule has 0 spiro atoms. The smallest absolute Gasteiger partial charge is 0.212 e. The van der Waals surface area contributed by atoms with Crippen molar-refractivity contribution in [1.82, 2.24) is 12.9 Å². The van der Waals surface area contributed by atoms with Gasteiger partial charge in [0.25, 0.3) is 0 Å². The van der Waals surface area contributed by atoms with Crippen LogP contribution in [0.2, 0.25) is 0 Å². The van der Waals surface area contributed by atoms with Crippen LogP contribution in [-0.4, -0.2) is 77.4 Å². The van der Waals surface area contributed by atoms with Crippen molar-refractivity contribution in [3.63, 3.8) is 0 Å². The van der Waals surface area contributed by atoms with E-state index in [1.165, 1.54) is 12.9 Å². The van der Waals surface area contributed by atoms with Crippen LogP contribution in [0.5, 0.6) is 0 Å². The molecule has 1 heterocycles. The molecule has 3 aromatic carbocycles. The molecule has 0 amide bonds. The van der Waals surface area contributed by atoms with Gasteiger partial charge in [-0.25, -0.2) is 38.2 Å². The molecule has 4 rings (SSSR count). The number of nitrogens with zero attached hydrogens (tertiary/aromatic N) is 3. The summed E-state index contributed by atoms with van der Waals surface area (Å²) in [5, 5.41) is 0. The number of hydrogen-bond acceptors (Lipinski definition) is 6. The lowest BCUT2D eigenvalue weighted by atomic mass is 10.2. The van der Waals surface area contributed by atoms with Crippen LogP contribution in [0.25, 0.3) is 0 Å². The molecule has 1 aliphatic rings. The first-order chi connectivity index (χ1) is 20.1. The monoisotopic (exact) mass is 633 g/mol. The van der Waals surface area contributed by atoms with Gasteiger partial charge in [-0.3, -0.25) is 0 Å². The lowest BCUT2D eigenvalue weighted by Gasteiger charge is -2.29. The van der Waals surface area contributed by atoms with Crippen LogP contribution in [-0.2, 0) is 47.3 Å². The highest BCUT2D eigenvalue weighted by Crippen LogP contribution is 2.18. The van der Waals surface area contributed by atoms with E-state index in [1.807, 2.05) is 18.2 Å². The van der Waals surface area contributed by atoms with Crippen molar-refractivity contribution >= 4 is 30.1 Å². The van der Waals surface area contributed by atoms with Gasteiger partial charge in [0.2, 0.25) is 30.1 Å². The predicted molar refractivity (Wildman–Crippen MR) is 166 cm³/mol.